The van der Waals surface area contributed by atoms with E-state index in [1.54, 1.807) is 31.3 Å². The molecule has 1 aromatic carbocycles. The Bertz CT molecular complexity index is 1380. The van der Waals surface area contributed by atoms with Crippen molar-refractivity contribution in [3.63, 3.8) is 0 Å². The number of Topliss-reactive ketones (excluding diaryl/α,β-unsaturated/α-hetero) is 1. The molecule has 1 aliphatic carbocycles. The van der Waals surface area contributed by atoms with E-state index >= 15 is 0 Å². The van der Waals surface area contributed by atoms with E-state index in [9.17, 15) is 19.2 Å². The van der Waals surface area contributed by atoms with Crippen LogP contribution in [0.15, 0.2) is 33.9 Å². The molecule has 0 N–H and O–H groups in total. The number of rotatable bonds is 2. The highest BCUT2D eigenvalue weighted by molar-refractivity contribution is 6.11. The number of hydrogen-bond donors (Lipinski definition) is 0. The van der Waals surface area contributed by atoms with Crippen LogP contribution in [0.5, 0.6) is 0 Å². The number of benzene rings is 1. The Morgan fingerprint density at radius 2 is 1.65 bits per heavy atom. The second-order valence-corrected chi connectivity index (χ2v) is 8.72. The summed E-state index contributed by atoms with van der Waals surface area (Å²) in [6, 6.07) is 6.53. The van der Waals surface area contributed by atoms with Crippen LogP contribution in [0.3, 0.4) is 0 Å². The zero-order valence-electron chi connectivity index (χ0n) is 18.1. The minimum atomic E-state index is -0.516. The number of carbonyl (C=O) groups excluding carboxylic acids is 2. The molecule has 1 aliphatic rings. The Morgan fingerprint density at radius 1 is 1.00 bits per heavy atom. The molecular weight excluding hydrogens is 398 g/mol. The monoisotopic (exact) mass is 421 g/mol. The first-order valence-corrected chi connectivity index (χ1v) is 9.90. The number of fused-ring (bicyclic) bond motifs is 2. The first-order valence-electron chi connectivity index (χ1n) is 9.90. The Balaban J connectivity index is 2.16. The summed E-state index contributed by atoms with van der Waals surface area (Å²) in [5.41, 5.74) is 1.34. The van der Waals surface area contributed by atoms with Gasteiger partial charge in [0.1, 0.15) is 5.65 Å². The average Bonchev–Trinajstić information content (AvgIpc) is 2.73. The highest BCUT2D eigenvalue weighted by Crippen LogP contribution is 2.40. The molecule has 31 heavy (non-hydrogen) atoms. The third-order valence-electron chi connectivity index (χ3n) is 5.82. The first-order chi connectivity index (χ1) is 14.6. The smallest absolute Gasteiger partial charge is 0.337 e. The molecule has 2 heterocycles. The van der Waals surface area contributed by atoms with Crippen molar-refractivity contribution >= 4 is 22.8 Å². The second kappa shape index (κ2) is 7.01. The highest BCUT2D eigenvalue weighted by Gasteiger charge is 2.36. The molecule has 8 heteroatoms. The van der Waals surface area contributed by atoms with Gasteiger partial charge in [0.2, 0.25) is 0 Å². The van der Waals surface area contributed by atoms with Crippen molar-refractivity contribution in [1.82, 2.24) is 14.1 Å². The molecule has 0 radical (unpaired) electrons. The van der Waals surface area contributed by atoms with Gasteiger partial charge in [-0.3, -0.25) is 18.7 Å². The summed E-state index contributed by atoms with van der Waals surface area (Å²) in [6.07, 6.45) is 0.868. The predicted molar refractivity (Wildman–Crippen MR) is 115 cm³/mol. The summed E-state index contributed by atoms with van der Waals surface area (Å²) >= 11 is 0. The molecule has 0 amide bonds. The van der Waals surface area contributed by atoms with Gasteiger partial charge < -0.3 is 4.74 Å². The lowest BCUT2D eigenvalue weighted by Gasteiger charge is -2.31. The van der Waals surface area contributed by atoms with Crippen molar-refractivity contribution < 1.29 is 14.3 Å². The number of ketones is 1. The molecule has 0 saturated heterocycles. The molecule has 3 aromatic rings. The normalized spacial score (nSPS) is 15.1. The molecule has 160 valence electrons. The number of ether oxygens (including phenoxy) is 1. The topological polar surface area (TPSA) is 100 Å². The molecular formula is C23H23N3O5. The SMILES string of the molecule is COC(=O)c1ccc(-c2c3c(nc4c2c(=O)n(C)c(=O)n4C)CC(C)(C)CC3=O)cc1. The van der Waals surface area contributed by atoms with Crippen LogP contribution in [-0.4, -0.2) is 33.0 Å². The van der Waals surface area contributed by atoms with Gasteiger partial charge in [-0.15, -0.1) is 0 Å². The number of hydrogen-bond acceptors (Lipinski definition) is 6. The van der Waals surface area contributed by atoms with Crippen LogP contribution in [0.25, 0.3) is 22.2 Å². The van der Waals surface area contributed by atoms with Crippen molar-refractivity contribution in [2.45, 2.75) is 26.7 Å². The van der Waals surface area contributed by atoms with Crippen LogP contribution >= 0.6 is 0 Å². The van der Waals surface area contributed by atoms with Gasteiger partial charge in [0.25, 0.3) is 5.56 Å². The van der Waals surface area contributed by atoms with E-state index in [1.807, 2.05) is 13.8 Å². The maximum absolute atomic E-state index is 13.2. The van der Waals surface area contributed by atoms with Crippen LogP contribution in [0.1, 0.15) is 46.7 Å². The summed E-state index contributed by atoms with van der Waals surface area (Å²) in [6.45, 7) is 3.99. The highest BCUT2D eigenvalue weighted by atomic mass is 16.5. The van der Waals surface area contributed by atoms with Gasteiger partial charge in [-0.2, -0.15) is 0 Å². The predicted octanol–water partition coefficient (Wildman–Crippen LogP) is 2.24. The Kier molecular flexibility index (Phi) is 4.68. The Morgan fingerprint density at radius 3 is 2.26 bits per heavy atom. The van der Waals surface area contributed by atoms with Crippen LogP contribution < -0.4 is 11.2 Å². The average molecular weight is 421 g/mol. The fourth-order valence-corrected chi connectivity index (χ4v) is 4.28. The number of nitrogens with zero attached hydrogens (tertiary/aromatic N) is 3. The second-order valence-electron chi connectivity index (χ2n) is 8.72. The number of pyridine rings is 1. The third-order valence-corrected chi connectivity index (χ3v) is 5.82. The van der Waals surface area contributed by atoms with E-state index in [1.165, 1.54) is 18.7 Å². The van der Waals surface area contributed by atoms with Gasteiger partial charge >= 0.3 is 11.7 Å². The Hall–Kier alpha value is -3.55. The summed E-state index contributed by atoms with van der Waals surface area (Å²) in [7, 11) is 4.26. The fourth-order valence-electron chi connectivity index (χ4n) is 4.28. The fraction of sp³-hybridized carbons (Fsp3) is 0.348. The van der Waals surface area contributed by atoms with E-state index in [4.69, 9.17) is 4.74 Å². The number of carbonyl (C=O) groups is 2. The van der Waals surface area contributed by atoms with E-state index in [0.717, 1.165) is 4.57 Å². The molecule has 0 bridgehead atoms. The lowest BCUT2D eigenvalue weighted by atomic mass is 9.73. The summed E-state index contributed by atoms with van der Waals surface area (Å²) in [5.74, 6) is -0.576. The summed E-state index contributed by atoms with van der Waals surface area (Å²) < 4.78 is 7.09. The van der Waals surface area contributed by atoms with Crippen molar-refractivity contribution in [1.29, 1.82) is 0 Å². The standard InChI is InChI=1S/C23H23N3O5/c1-23(2)10-14-17(15(27)11-23)16(12-6-8-13(9-7-12)21(29)31-5)18-19(24-14)25(3)22(30)26(4)20(18)28/h6-9H,10-11H2,1-5H3. The molecule has 0 saturated carbocycles. The van der Waals surface area contributed by atoms with E-state index in [2.05, 4.69) is 4.98 Å². The zero-order chi connectivity index (χ0) is 22.7. The van der Waals surface area contributed by atoms with E-state index in [-0.39, 0.29) is 22.2 Å². The van der Waals surface area contributed by atoms with Crippen LogP contribution in [0.2, 0.25) is 0 Å². The van der Waals surface area contributed by atoms with Gasteiger partial charge in [0.05, 0.1) is 23.8 Å². The van der Waals surface area contributed by atoms with Crippen LogP contribution in [-0.2, 0) is 25.3 Å². The van der Waals surface area contributed by atoms with Gasteiger partial charge in [-0.25, -0.2) is 14.6 Å². The minimum absolute atomic E-state index is 0.0939. The van der Waals surface area contributed by atoms with Crippen molar-refractivity contribution in [2.24, 2.45) is 19.5 Å². The lowest BCUT2D eigenvalue weighted by Crippen LogP contribution is -2.38. The number of aromatic nitrogens is 3. The summed E-state index contributed by atoms with van der Waals surface area (Å²) in [5, 5.41) is 0.210. The molecule has 2 aromatic heterocycles. The van der Waals surface area contributed by atoms with Gasteiger partial charge in [0, 0.05) is 31.6 Å². The summed E-state index contributed by atoms with van der Waals surface area (Å²) in [4.78, 5) is 55.4. The Labute approximate surface area is 178 Å². The molecule has 0 spiro atoms. The van der Waals surface area contributed by atoms with Crippen molar-refractivity contribution in [3.8, 4) is 11.1 Å². The zero-order valence-corrected chi connectivity index (χ0v) is 18.1. The van der Waals surface area contributed by atoms with Crippen molar-refractivity contribution in [2.75, 3.05) is 7.11 Å². The van der Waals surface area contributed by atoms with Gasteiger partial charge in [0.15, 0.2) is 5.78 Å². The minimum Gasteiger partial charge on any atom is -0.465 e. The molecule has 0 aliphatic heterocycles. The maximum Gasteiger partial charge on any atom is 0.337 e. The molecule has 4 rings (SSSR count). The van der Waals surface area contributed by atoms with Crippen LogP contribution in [0.4, 0.5) is 0 Å². The number of methoxy groups -OCH3 is 1. The van der Waals surface area contributed by atoms with E-state index < -0.39 is 17.2 Å². The van der Waals surface area contributed by atoms with E-state index in [0.29, 0.717) is 40.8 Å². The third kappa shape index (κ3) is 3.19. The van der Waals surface area contributed by atoms with Gasteiger partial charge in [-0.05, 0) is 29.5 Å². The number of esters is 1. The van der Waals surface area contributed by atoms with Crippen LogP contribution in [0, 0.1) is 5.41 Å². The molecule has 8 nitrogen and oxygen atoms in total. The molecule has 0 fully saturated rings. The largest absolute Gasteiger partial charge is 0.465 e. The first kappa shape index (κ1) is 20.7. The molecule has 0 unspecified atom stereocenters. The quantitative estimate of drug-likeness (QED) is 0.589. The lowest BCUT2D eigenvalue weighted by molar-refractivity contribution is 0.0600. The van der Waals surface area contributed by atoms with Crippen molar-refractivity contribution in [3.05, 3.63) is 61.9 Å². The maximum atomic E-state index is 13.2. The van der Waals surface area contributed by atoms with Gasteiger partial charge in [-0.1, -0.05) is 26.0 Å². The molecule has 0 atom stereocenters. The number of aryl methyl sites for hydroxylation is 1.